The van der Waals surface area contributed by atoms with Gasteiger partial charge in [0.1, 0.15) is 9.92 Å². The van der Waals surface area contributed by atoms with Gasteiger partial charge in [-0.15, -0.1) is 0 Å². The highest BCUT2D eigenvalue weighted by Gasteiger charge is 2.24. The summed E-state index contributed by atoms with van der Waals surface area (Å²) in [6.45, 7) is 0. The Labute approximate surface area is 160 Å². The van der Waals surface area contributed by atoms with E-state index in [0.29, 0.717) is 5.39 Å². The zero-order chi connectivity index (χ0) is 19.2. The number of ether oxygens (including phenoxy) is 1. The lowest BCUT2D eigenvalue weighted by Gasteiger charge is -2.16. The molecule has 142 valence electrons. The van der Waals surface area contributed by atoms with E-state index in [9.17, 15) is 12.8 Å². The van der Waals surface area contributed by atoms with Gasteiger partial charge in [-0.1, -0.05) is 23.7 Å². The van der Waals surface area contributed by atoms with Crippen molar-refractivity contribution in [2.75, 3.05) is 11.8 Å². The number of fused-ring (bicyclic) bond motifs is 3. The van der Waals surface area contributed by atoms with Crippen LogP contribution >= 0.6 is 11.6 Å². The standard InChI is InChI=1S/C18H17ClFN3O3S/c1-26-18-13(19)8-14(20)17(22-18)23-27(24,25)15-9-21-16-11-5-3-2-4-10(11)6-7-12(15)16/h6-9,21H,2-5H2,1H3,(H,22,23). The van der Waals surface area contributed by atoms with E-state index in [1.165, 1.54) is 18.9 Å². The minimum absolute atomic E-state index is 0.0426. The first-order valence-electron chi connectivity index (χ1n) is 8.45. The molecule has 0 saturated heterocycles. The third kappa shape index (κ3) is 3.12. The number of hydrogen-bond acceptors (Lipinski definition) is 4. The number of aromatic nitrogens is 2. The van der Waals surface area contributed by atoms with Gasteiger partial charge < -0.3 is 9.72 Å². The van der Waals surface area contributed by atoms with Crippen molar-refractivity contribution < 1.29 is 17.5 Å². The van der Waals surface area contributed by atoms with Gasteiger partial charge >= 0.3 is 0 Å². The molecule has 0 atom stereocenters. The normalized spacial score (nSPS) is 14.2. The summed E-state index contributed by atoms with van der Waals surface area (Å²) in [6, 6.07) is 4.71. The fourth-order valence-electron chi connectivity index (χ4n) is 3.48. The van der Waals surface area contributed by atoms with Gasteiger partial charge in [0.05, 0.1) is 12.6 Å². The second-order valence-electron chi connectivity index (χ2n) is 6.40. The number of sulfonamides is 1. The second-order valence-corrected chi connectivity index (χ2v) is 8.46. The van der Waals surface area contributed by atoms with Crippen LogP contribution in [0.1, 0.15) is 24.0 Å². The maximum atomic E-state index is 14.1. The number of aromatic amines is 1. The van der Waals surface area contributed by atoms with Crippen molar-refractivity contribution in [2.45, 2.75) is 30.6 Å². The Hall–Kier alpha value is -2.32. The van der Waals surface area contributed by atoms with Gasteiger partial charge in [0.25, 0.3) is 10.0 Å². The number of nitrogens with zero attached hydrogens (tertiary/aromatic N) is 1. The Morgan fingerprint density at radius 2 is 2.07 bits per heavy atom. The average Bonchev–Trinajstić information content (AvgIpc) is 3.09. The van der Waals surface area contributed by atoms with Crippen molar-refractivity contribution in [3.8, 4) is 5.88 Å². The number of hydrogen-bond donors (Lipinski definition) is 2. The summed E-state index contributed by atoms with van der Waals surface area (Å²) in [7, 11) is -2.75. The highest BCUT2D eigenvalue weighted by atomic mass is 35.5. The van der Waals surface area contributed by atoms with E-state index >= 15 is 0 Å². The monoisotopic (exact) mass is 409 g/mol. The smallest absolute Gasteiger partial charge is 0.265 e. The molecule has 3 aromatic rings. The van der Waals surface area contributed by atoms with Crippen molar-refractivity contribution in [1.82, 2.24) is 9.97 Å². The van der Waals surface area contributed by atoms with E-state index in [4.69, 9.17) is 16.3 Å². The Morgan fingerprint density at radius 3 is 2.85 bits per heavy atom. The Kier molecular flexibility index (Phi) is 4.47. The van der Waals surface area contributed by atoms with Crippen molar-refractivity contribution in [3.63, 3.8) is 0 Å². The maximum absolute atomic E-state index is 14.1. The summed E-state index contributed by atoms with van der Waals surface area (Å²) >= 11 is 5.81. The summed E-state index contributed by atoms with van der Waals surface area (Å²) < 4.78 is 47.0. The Morgan fingerprint density at radius 1 is 1.30 bits per heavy atom. The molecule has 1 aliphatic rings. The third-order valence-electron chi connectivity index (χ3n) is 4.76. The zero-order valence-corrected chi connectivity index (χ0v) is 16.0. The van der Waals surface area contributed by atoms with E-state index in [1.807, 2.05) is 6.07 Å². The molecule has 2 N–H and O–H groups in total. The molecule has 0 amide bonds. The number of pyridine rings is 1. The van der Waals surface area contributed by atoms with Gasteiger partial charge in [-0.2, -0.15) is 4.98 Å². The highest BCUT2D eigenvalue weighted by molar-refractivity contribution is 7.93. The van der Waals surface area contributed by atoms with Crippen LogP contribution < -0.4 is 9.46 Å². The number of methoxy groups -OCH3 is 1. The van der Waals surface area contributed by atoms with Crippen molar-refractivity contribution in [2.24, 2.45) is 0 Å². The number of rotatable bonds is 4. The van der Waals surface area contributed by atoms with E-state index < -0.39 is 21.7 Å². The van der Waals surface area contributed by atoms with Crippen molar-refractivity contribution in [3.05, 3.63) is 46.4 Å². The molecule has 4 rings (SSSR count). The molecule has 0 fully saturated rings. The van der Waals surface area contributed by atoms with E-state index in [0.717, 1.165) is 42.8 Å². The van der Waals surface area contributed by atoms with Gasteiger partial charge in [-0.05, 0) is 36.8 Å². The molecule has 27 heavy (non-hydrogen) atoms. The summed E-state index contributed by atoms with van der Waals surface area (Å²) in [6.07, 6.45) is 5.53. The number of benzene rings is 1. The van der Waals surface area contributed by atoms with E-state index in [2.05, 4.69) is 14.7 Å². The van der Waals surface area contributed by atoms with E-state index in [-0.39, 0.29) is 15.8 Å². The van der Waals surface area contributed by atoms with Crippen LogP contribution in [0.2, 0.25) is 5.02 Å². The molecular weight excluding hydrogens is 393 g/mol. The van der Waals surface area contributed by atoms with Crippen LogP contribution in [0.15, 0.2) is 29.3 Å². The van der Waals surface area contributed by atoms with Crippen molar-refractivity contribution in [1.29, 1.82) is 0 Å². The molecular formula is C18H17ClFN3O3S. The lowest BCUT2D eigenvalue weighted by molar-refractivity contribution is 0.397. The predicted molar refractivity (Wildman–Crippen MR) is 102 cm³/mol. The van der Waals surface area contributed by atoms with Gasteiger partial charge in [0, 0.05) is 17.6 Å². The van der Waals surface area contributed by atoms with Gasteiger partial charge in [0.15, 0.2) is 11.6 Å². The molecule has 0 unspecified atom stereocenters. The number of H-pyrrole nitrogens is 1. The first-order chi connectivity index (χ1) is 12.9. The van der Waals surface area contributed by atoms with Gasteiger partial charge in [-0.25, -0.2) is 12.8 Å². The molecule has 1 aromatic carbocycles. The largest absolute Gasteiger partial charge is 0.480 e. The molecule has 1 aliphatic carbocycles. The quantitative estimate of drug-likeness (QED) is 0.681. The summed E-state index contributed by atoms with van der Waals surface area (Å²) in [5.74, 6) is -1.42. The number of nitrogens with one attached hydrogen (secondary N) is 2. The Bertz CT molecular complexity index is 1140. The van der Waals surface area contributed by atoms with Crippen LogP contribution in [0, 0.1) is 5.82 Å². The number of halogens is 2. The topological polar surface area (TPSA) is 84.1 Å². The minimum atomic E-state index is -4.07. The first-order valence-corrected chi connectivity index (χ1v) is 10.3. The average molecular weight is 410 g/mol. The first kappa shape index (κ1) is 18.1. The zero-order valence-electron chi connectivity index (χ0n) is 14.5. The van der Waals surface area contributed by atoms with E-state index in [1.54, 1.807) is 6.07 Å². The third-order valence-corrected chi connectivity index (χ3v) is 6.41. The summed E-state index contributed by atoms with van der Waals surface area (Å²) in [5, 5.41) is 0.529. The maximum Gasteiger partial charge on any atom is 0.265 e. The van der Waals surface area contributed by atoms with Crippen LogP contribution in [-0.2, 0) is 22.9 Å². The molecule has 0 saturated carbocycles. The van der Waals surface area contributed by atoms with Crippen LogP contribution in [0.5, 0.6) is 5.88 Å². The van der Waals surface area contributed by atoms with Crippen molar-refractivity contribution >= 4 is 38.3 Å². The minimum Gasteiger partial charge on any atom is -0.480 e. The second kappa shape index (κ2) is 6.69. The van der Waals surface area contributed by atoms with Gasteiger partial charge in [-0.3, -0.25) is 4.72 Å². The van der Waals surface area contributed by atoms with Crippen LogP contribution in [0.4, 0.5) is 10.2 Å². The number of aryl methyl sites for hydroxylation is 2. The molecule has 0 spiro atoms. The molecule has 0 radical (unpaired) electrons. The lowest BCUT2D eigenvalue weighted by atomic mass is 9.90. The van der Waals surface area contributed by atoms with Gasteiger partial charge in [0.2, 0.25) is 5.88 Å². The SMILES string of the molecule is COc1nc(NS(=O)(=O)c2c[nH]c3c4c(ccc23)CCCC4)c(F)cc1Cl. The molecule has 9 heteroatoms. The molecule has 0 bridgehead atoms. The van der Waals surface area contributed by atoms with Crippen LogP contribution in [0.25, 0.3) is 10.9 Å². The molecule has 6 nitrogen and oxygen atoms in total. The predicted octanol–water partition coefficient (Wildman–Crippen LogP) is 4.04. The lowest BCUT2D eigenvalue weighted by Crippen LogP contribution is -2.15. The molecule has 2 heterocycles. The molecule has 2 aromatic heterocycles. The fraction of sp³-hybridized carbons (Fsp3) is 0.278. The summed E-state index contributed by atoms with van der Waals surface area (Å²) in [5.41, 5.74) is 3.20. The summed E-state index contributed by atoms with van der Waals surface area (Å²) in [4.78, 5) is 6.92. The Balaban J connectivity index is 1.77. The molecule has 0 aliphatic heterocycles. The van der Waals surface area contributed by atoms with Crippen LogP contribution in [-0.4, -0.2) is 25.5 Å². The fourth-order valence-corrected chi connectivity index (χ4v) is 4.88. The highest BCUT2D eigenvalue weighted by Crippen LogP contribution is 2.33. The van der Waals surface area contributed by atoms with Crippen LogP contribution in [0.3, 0.4) is 0 Å². The number of anilines is 1.